The third kappa shape index (κ3) is 5.06. The van der Waals surface area contributed by atoms with E-state index in [0.717, 1.165) is 29.2 Å². The van der Waals surface area contributed by atoms with Crippen LogP contribution in [0.2, 0.25) is 0 Å². The molecule has 0 atom stereocenters. The quantitative estimate of drug-likeness (QED) is 0.334. The number of aromatic hydroxyl groups is 1. The van der Waals surface area contributed by atoms with Gasteiger partial charge in [-0.2, -0.15) is 0 Å². The van der Waals surface area contributed by atoms with Crippen molar-refractivity contribution in [2.45, 2.75) is 33.4 Å². The lowest BCUT2D eigenvalue weighted by atomic mass is 10.1. The Morgan fingerprint density at radius 1 is 1.00 bits per heavy atom. The normalized spacial score (nSPS) is 11.5. The summed E-state index contributed by atoms with van der Waals surface area (Å²) in [4.78, 5) is 20.1. The molecule has 0 saturated heterocycles. The Morgan fingerprint density at radius 2 is 1.66 bits per heavy atom. The second kappa shape index (κ2) is 10.5. The zero-order chi connectivity index (χ0) is 24.9. The van der Waals surface area contributed by atoms with Gasteiger partial charge in [-0.25, -0.2) is 0 Å². The zero-order valence-corrected chi connectivity index (χ0v) is 20.6. The molecular formula is C29H31N3O3. The predicted octanol–water partition coefficient (Wildman–Crippen LogP) is 5.75. The van der Waals surface area contributed by atoms with Crippen molar-refractivity contribution < 1.29 is 9.84 Å². The highest BCUT2D eigenvalue weighted by Crippen LogP contribution is 2.26. The summed E-state index contributed by atoms with van der Waals surface area (Å²) in [5.74, 6) is 0.625. The fourth-order valence-corrected chi connectivity index (χ4v) is 4.31. The fourth-order valence-electron chi connectivity index (χ4n) is 4.31. The second-order valence-corrected chi connectivity index (χ2v) is 8.68. The van der Waals surface area contributed by atoms with Gasteiger partial charge in [0.25, 0.3) is 5.56 Å². The molecule has 0 amide bonds. The van der Waals surface area contributed by atoms with Crippen LogP contribution in [-0.2, 0) is 6.54 Å². The van der Waals surface area contributed by atoms with Crippen LogP contribution in [-0.4, -0.2) is 35.6 Å². The summed E-state index contributed by atoms with van der Waals surface area (Å²) >= 11 is 0. The molecular weight excluding hydrogens is 438 g/mol. The summed E-state index contributed by atoms with van der Waals surface area (Å²) in [7, 11) is 1.61. The van der Waals surface area contributed by atoms with Crippen molar-refractivity contribution in [2.24, 2.45) is 4.99 Å². The lowest BCUT2D eigenvalue weighted by Crippen LogP contribution is -2.30. The van der Waals surface area contributed by atoms with Crippen molar-refractivity contribution in [1.29, 1.82) is 0 Å². The van der Waals surface area contributed by atoms with Gasteiger partial charge in [0, 0.05) is 35.3 Å². The number of aliphatic imine (C=N–C) groups is 1. The Labute approximate surface area is 205 Å². The number of rotatable bonds is 8. The van der Waals surface area contributed by atoms with Crippen LogP contribution < -0.4 is 15.2 Å². The highest BCUT2D eigenvalue weighted by molar-refractivity contribution is 6.02. The third-order valence-electron chi connectivity index (χ3n) is 6.18. The molecule has 6 nitrogen and oxygen atoms in total. The summed E-state index contributed by atoms with van der Waals surface area (Å²) < 4.78 is 6.60. The van der Waals surface area contributed by atoms with E-state index in [-0.39, 0.29) is 18.0 Å². The second-order valence-electron chi connectivity index (χ2n) is 8.68. The summed E-state index contributed by atoms with van der Waals surface area (Å²) in [5.41, 5.74) is 3.05. The number of hydrogen-bond acceptors (Lipinski definition) is 5. The minimum atomic E-state index is -0.247. The van der Waals surface area contributed by atoms with E-state index in [1.54, 1.807) is 19.4 Å². The van der Waals surface area contributed by atoms with Crippen LogP contribution in [0.5, 0.6) is 11.6 Å². The predicted molar refractivity (Wildman–Crippen MR) is 144 cm³/mol. The molecule has 4 rings (SSSR count). The average Bonchev–Trinajstić information content (AvgIpc) is 2.88. The van der Waals surface area contributed by atoms with Gasteiger partial charge in [0.2, 0.25) is 5.88 Å². The van der Waals surface area contributed by atoms with Crippen molar-refractivity contribution >= 4 is 28.4 Å². The Hall–Kier alpha value is -4.06. The van der Waals surface area contributed by atoms with Crippen LogP contribution in [0.25, 0.3) is 10.8 Å². The summed E-state index contributed by atoms with van der Waals surface area (Å²) in [6.45, 7) is 7.64. The van der Waals surface area contributed by atoms with E-state index in [1.807, 2.05) is 54.6 Å². The molecule has 0 aliphatic heterocycles. The van der Waals surface area contributed by atoms with Crippen LogP contribution in [0.4, 0.5) is 11.4 Å². The highest BCUT2D eigenvalue weighted by Gasteiger charge is 2.15. The minimum absolute atomic E-state index is 0.109. The van der Waals surface area contributed by atoms with Crippen molar-refractivity contribution in [3.05, 3.63) is 94.3 Å². The molecule has 0 saturated carbocycles. The fraction of sp³-hybridized carbons (Fsp3) is 0.241. The Balaban J connectivity index is 1.73. The number of fused-ring (bicyclic) bond motifs is 1. The maximum Gasteiger partial charge on any atom is 0.261 e. The first-order valence-corrected chi connectivity index (χ1v) is 11.8. The average molecular weight is 470 g/mol. The molecule has 1 N–H and O–H groups in total. The van der Waals surface area contributed by atoms with Crippen molar-refractivity contribution in [3.63, 3.8) is 0 Å². The Bertz CT molecular complexity index is 1390. The molecule has 3 aromatic carbocycles. The Morgan fingerprint density at radius 3 is 2.26 bits per heavy atom. The van der Waals surface area contributed by atoms with Crippen molar-refractivity contribution in [3.8, 4) is 11.6 Å². The zero-order valence-electron chi connectivity index (χ0n) is 20.6. The molecule has 0 aliphatic rings. The number of pyridine rings is 1. The third-order valence-corrected chi connectivity index (χ3v) is 6.18. The molecule has 0 aliphatic carbocycles. The van der Waals surface area contributed by atoms with Gasteiger partial charge in [-0.15, -0.1) is 0 Å². The molecule has 1 heterocycles. The maximum atomic E-state index is 13.2. The lowest BCUT2D eigenvalue weighted by molar-refractivity contribution is 0.412. The lowest BCUT2D eigenvalue weighted by Gasteiger charge is -2.27. The first kappa shape index (κ1) is 24.1. The van der Waals surface area contributed by atoms with E-state index < -0.39 is 0 Å². The first-order chi connectivity index (χ1) is 16.9. The van der Waals surface area contributed by atoms with Crippen LogP contribution in [0, 0.1) is 0 Å². The van der Waals surface area contributed by atoms with E-state index in [0.29, 0.717) is 22.4 Å². The van der Waals surface area contributed by atoms with E-state index in [2.05, 4.69) is 42.8 Å². The van der Waals surface area contributed by atoms with Crippen LogP contribution >= 0.6 is 0 Å². The van der Waals surface area contributed by atoms with Gasteiger partial charge in [0.15, 0.2) is 0 Å². The Kier molecular flexibility index (Phi) is 7.20. The van der Waals surface area contributed by atoms with E-state index in [4.69, 9.17) is 4.74 Å². The highest BCUT2D eigenvalue weighted by atomic mass is 16.5. The minimum Gasteiger partial charge on any atom is -0.497 e. The van der Waals surface area contributed by atoms with Gasteiger partial charge in [0.05, 0.1) is 24.9 Å². The number of hydrogen-bond donors (Lipinski definition) is 1. The summed E-state index contributed by atoms with van der Waals surface area (Å²) in [6.07, 6.45) is 1.64. The van der Waals surface area contributed by atoms with E-state index in [1.165, 1.54) is 4.57 Å². The number of anilines is 1. The van der Waals surface area contributed by atoms with Crippen LogP contribution in [0.3, 0.4) is 0 Å². The molecule has 1 aromatic heterocycles. The molecule has 0 spiro atoms. The summed E-state index contributed by atoms with van der Waals surface area (Å²) in [6, 6.07) is 23.2. The molecule has 0 bridgehead atoms. The largest absolute Gasteiger partial charge is 0.497 e. The number of nitrogens with zero attached hydrogens (tertiary/aromatic N) is 3. The number of aromatic nitrogens is 1. The molecule has 6 heteroatoms. The molecule has 35 heavy (non-hydrogen) atoms. The van der Waals surface area contributed by atoms with Gasteiger partial charge in [0.1, 0.15) is 5.75 Å². The van der Waals surface area contributed by atoms with Crippen LogP contribution in [0.15, 0.2) is 82.6 Å². The molecule has 0 unspecified atom stereocenters. The monoisotopic (exact) mass is 469 g/mol. The van der Waals surface area contributed by atoms with Crippen molar-refractivity contribution in [2.75, 3.05) is 18.6 Å². The first-order valence-electron chi connectivity index (χ1n) is 11.8. The van der Waals surface area contributed by atoms with E-state index >= 15 is 0 Å². The number of benzene rings is 3. The molecule has 0 fully saturated rings. The number of ether oxygens (including phenoxy) is 1. The van der Waals surface area contributed by atoms with Gasteiger partial charge >= 0.3 is 0 Å². The summed E-state index contributed by atoms with van der Waals surface area (Å²) in [5, 5.41) is 12.4. The van der Waals surface area contributed by atoms with Gasteiger partial charge in [-0.1, -0.05) is 30.3 Å². The maximum absolute atomic E-state index is 13.2. The van der Waals surface area contributed by atoms with Crippen LogP contribution in [0.1, 0.15) is 31.9 Å². The van der Waals surface area contributed by atoms with Crippen molar-refractivity contribution in [1.82, 2.24) is 4.57 Å². The smallest absolute Gasteiger partial charge is 0.261 e. The van der Waals surface area contributed by atoms with E-state index in [9.17, 15) is 9.90 Å². The molecule has 180 valence electrons. The van der Waals surface area contributed by atoms with Gasteiger partial charge in [-0.3, -0.25) is 14.4 Å². The topological polar surface area (TPSA) is 67.1 Å². The SMILES string of the molecule is CCN(c1ccc(N=Cc2c(O)n(Cc3ccc(OC)cc3)c(=O)c3ccccc23)cc1)C(C)C. The molecule has 0 radical (unpaired) electrons. The van der Waals surface area contributed by atoms with Gasteiger partial charge in [-0.05, 0) is 68.8 Å². The standard InChI is InChI=1S/C29H31N3O3/c1-5-31(20(2)3)23-14-12-22(13-15-23)30-18-27-25-8-6-7-9-26(25)28(33)32(29(27)34)19-21-10-16-24(35-4)17-11-21/h6-18,20,34H,5,19H2,1-4H3. The number of methoxy groups -OCH3 is 1. The molecule has 4 aromatic rings. The van der Waals surface area contributed by atoms with Gasteiger partial charge < -0.3 is 14.7 Å².